The van der Waals surface area contributed by atoms with E-state index in [1.807, 2.05) is 19.9 Å². The van der Waals surface area contributed by atoms with E-state index in [-0.39, 0.29) is 17.7 Å². The molecule has 0 N–H and O–H groups in total. The fourth-order valence-electron chi connectivity index (χ4n) is 2.03. The van der Waals surface area contributed by atoms with E-state index in [0.717, 1.165) is 0 Å². The Morgan fingerprint density at radius 3 is 2.64 bits per heavy atom. The van der Waals surface area contributed by atoms with Gasteiger partial charge in [0, 0.05) is 18.9 Å². The number of hydrogen-bond acceptors (Lipinski definition) is 5. The lowest BCUT2D eigenvalue weighted by atomic mass is 10.2. The first-order valence-electron chi connectivity index (χ1n) is 7.53. The third-order valence-corrected chi connectivity index (χ3v) is 3.28. The van der Waals surface area contributed by atoms with E-state index in [2.05, 4.69) is 9.97 Å². The van der Waals surface area contributed by atoms with Crippen molar-refractivity contribution < 1.29 is 17.9 Å². The third-order valence-electron chi connectivity index (χ3n) is 3.28. The van der Waals surface area contributed by atoms with Crippen molar-refractivity contribution in [2.45, 2.75) is 20.0 Å². The number of nitriles is 1. The first-order valence-corrected chi connectivity index (χ1v) is 7.53. The number of benzene rings is 1. The van der Waals surface area contributed by atoms with Crippen molar-refractivity contribution >= 4 is 11.5 Å². The zero-order valence-electron chi connectivity index (χ0n) is 14.0. The normalized spacial score (nSPS) is 11.3. The van der Waals surface area contributed by atoms with Crippen LogP contribution in [0.4, 0.5) is 24.7 Å². The highest BCUT2D eigenvalue weighted by Crippen LogP contribution is 2.37. The van der Waals surface area contributed by atoms with Crippen molar-refractivity contribution in [2.75, 3.05) is 18.6 Å². The predicted molar refractivity (Wildman–Crippen MR) is 86.6 cm³/mol. The Bertz CT molecular complexity index is 784. The zero-order chi connectivity index (χ0) is 18.6. The Kier molecular flexibility index (Phi) is 5.47. The monoisotopic (exact) mass is 350 g/mol. The van der Waals surface area contributed by atoms with Crippen LogP contribution >= 0.6 is 0 Å². The largest absolute Gasteiger partial charge is 0.463 e. The molecule has 8 heteroatoms. The van der Waals surface area contributed by atoms with Crippen LogP contribution in [-0.2, 0) is 6.18 Å². The summed E-state index contributed by atoms with van der Waals surface area (Å²) < 4.78 is 45.3. The van der Waals surface area contributed by atoms with Crippen molar-refractivity contribution in [3.63, 3.8) is 0 Å². The second kappa shape index (κ2) is 7.38. The molecule has 5 nitrogen and oxygen atoms in total. The summed E-state index contributed by atoms with van der Waals surface area (Å²) in [7, 11) is 1.44. The molecule has 2 rings (SSSR count). The molecular formula is C17H17F3N4O. The molecule has 0 fully saturated rings. The van der Waals surface area contributed by atoms with Gasteiger partial charge in [0.25, 0.3) is 0 Å². The second-order valence-electron chi connectivity index (χ2n) is 5.81. The van der Waals surface area contributed by atoms with Gasteiger partial charge in [-0.25, -0.2) is 4.98 Å². The van der Waals surface area contributed by atoms with E-state index >= 15 is 0 Å². The molecule has 0 unspecified atom stereocenters. The van der Waals surface area contributed by atoms with E-state index < -0.39 is 11.7 Å². The molecule has 0 atom stereocenters. The van der Waals surface area contributed by atoms with E-state index in [0.29, 0.717) is 24.1 Å². The molecule has 0 aliphatic rings. The molecule has 0 spiro atoms. The molecule has 1 aromatic heterocycles. The summed E-state index contributed by atoms with van der Waals surface area (Å²) >= 11 is 0. The van der Waals surface area contributed by atoms with Crippen molar-refractivity contribution in [1.82, 2.24) is 9.97 Å². The maximum atomic E-state index is 13.3. The van der Waals surface area contributed by atoms with Crippen LogP contribution in [0.3, 0.4) is 0 Å². The number of halogens is 3. The topological polar surface area (TPSA) is 62.0 Å². The van der Waals surface area contributed by atoms with E-state index in [4.69, 9.17) is 10.00 Å². The Labute approximate surface area is 143 Å². The van der Waals surface area contributed by atoms with Gasteiger partial charge in [0.1, 0.15) is 5.56 Å². The van der Waals surface area contributed by atoms with Crippen molar-refractivity contribution in [2.24, 2.45) is 5.92 Å². The average Bonchev–Trinajstić information content (AvgIpc) is 2.58. The minimum atomic E-state index is -4.62. The van der Waals surface area contributed by atoms with E-state index in [1.165, 1.54) is 18.0 Å². The lowest BCUT2D eigenvalue weighted by molar-refractivity contribution is -0.137. The van der Waals surface area contributed by atoms with Gasteiger partial charge in [-0.1, -0.05) is 19.9 Å². The quantitative estimate of drug-likeness (QED) is 0.810. The summed E-state index contributed by atoms with van der Waals surface area (Å²) in [6, 6.07) is 8.07. The number of anilines is 2. The van der Waals surface area contributed by atoms with Crippen molar-refractivity contribution in [3.8, 4) is 12.1 Å². The Balaban J connectivity index is 2.47. The van der Waals surface area contributed by atoms with Gasteiger partial charge in [-0.3, -0.25) is 0 Å². The van der Waals surface area contributed by atoms with Crippen LogP contribution in [-0.4, -0.2) is 23.6 Å². The minimum Gasteiger partial charge on any atom is -0.463 e. The number of aromatic nitrogens is 2. The van der Waals surface area contributed by atoms with Gasteiger partial charge in [-0.05, 0) is 24.1 Å². The minimum absolute atomic E-state index is 0.125. The lowest BCUT2D eigenvalue weighted by Gasteiger charge is -2.22. The second-order valence-corrected chi connectivity index (χ2v) is 5.81. The number of rotatable bonds is 5. The molecule has 0 saturated carbocycles. The van der Waals surface area contributed by atoms with Crippen LogP contribution in [0.1, 0.15) is 25.0 Å². The van der Waals surface area contributed by atoms with Crippen molar-refractivity contribution in [1.29, 1.82) is 5.26 Å². The van der Waals surface area contributed by atoms with Crippen molar-refractivity contribution in [3.05, 3.63) is 41.6 Å². The smallest absolute Gasteiger partial charge is 0.421 e. The molecule has 0 bridgehead atoms. The molecule has 0 amide bonds. The van der Waals surface area contributed by atoms with Gasteiger partial charge in [0.05, 0.1) is 18.2 Å². The van der Waals surface area contributed by atoms with Gasteiger partial charge in [0.15, 0.2) is 5.82 Å². The molecule has 1 aromatic carbocycles. The highest BCUT2D eigenvalue weighted by atomic mass is 19.4. The molecule has 0 saturated heterocycles. The first kappa shape index (κ1) is 18.5. The standard InChI is InChI=1S/C17H17F3N4O/c1-11(2)10-25-16-22-9-14(17(18,19)20)15(23-16)24(3)13-6-4-5-12(7-13)8-21/h4-7,9,11H,10H2,1-3H3. The summed E-state index contributed by atoms with van der Waals surface area (Å²) in [5, 5.41) is 8.97. The van der Waals surface area contributed by atoms with Crippen LogP contribution in [0, 0.1) is 17.2 Å². The summed E-state index contributed by atoms with van der Waals surface area (Å²) in [5.74, 6) is -0.157. The molecule has 0 radical (unpaired) electrons. The van der Waals surface area contributed by atoms with Crippen LogP contribution in [0.25, 0.3) is 0 Å². The van der Waals surface area contributed by atoms with E-state index in [9.17, 15) is 13.2 Å². The molecule has 132 valence electrons. The van der Waals surface area contributed by atoms with Crippen LogP contribution in [0.2, 0.25) is 0 Å². The van der Waals surface area contributed by atoms with Gasteiger partial charge in [0.2, 0.25) is 0 Å². The molecule has 1 heterocycles. The fourth-order valence-corrected chi connectivity index (χ4v) is 2.03. The number of hydrogen-bond donors (Lipinski definition) is 0. The van der Waals surface area contributed by atoms with Gasteiger partial charge < -0.3 is 9.64 Å². The highest BCUT2D eigenvalue weighted by molar-refractivity contribution is 5.64. The predicted octanol–water partition coefficient (Wildman–Crippen LogP) is 4.17. The Hall–Kier alpha value is -2.82. The molecule has 2 aromatic rings. The molecule has 0 aliphatic carbocycles. The molecule has 0 aliphatic heterocycles. The summed E-state index contributed by atoms with van der Waals surface area (Å²) in [6.45, 7) is 4.10. The highest BCUT2D eigenvalue weighted by Gasteiger charge is 2.36. The Morgan fingerprint density at radius 2 is 2.04 bits per heavy atom. The van der Waals surface area contributed by atoms with Crippen LogP contribution < -0.4 is 9.64 Å². The molecule has 25 heavy (non-hydrogen) atoms. The number of ether oxygens (including phenoxy) is 1. The summed E-state index contributed by atoms with van der Waals surface area (Å²) in [5.41, 5.74) is -0.240. The maximum absolute atomic E-state index is 13.3. The average molecular weight is 350 g/mol. The van der Waals surface area contributed by atoms with Crippen LogP contribution in [0.15, 0.2) is 30.5 Å². The zero-order valence-corrected chi connectivity index (χ0v) is 14.0. The van der Waals surface area contributed by atoms with Gasteiger partial charge in [-0.15, -0.1) is 0 Å². The fraction of sp³-hybridized carbons (Fsp3) is 0.353. The van der Waals surface area contributed by atoms with Crippen LogP contribution in [0.5, 0.6) is 6.01 Å². The lowest BCUT2D eigenvalue weighted by Crippen LogP contribution is -2.20. The summed E-state index contributed by atoms with van der Waals surface area (Å²) in [6.07, 6.45) is -3.91. The maximum Gasteiger partial charge on any atom is 0.421 e. The van der Waals surface area contributed by atoms with Gasteiger partial charge >= 0.3 is 12.2 Å². The van der Waals surface area contributed by atoms with Gasteiger partial charge in [-0.2, -0.15) is 23.4 Å². The first-order chi connectivity index (χ1) is 11.7. The Morgan fingerprint density at radius 1 is 1.32 bits per heavy atom. The third kappa shape index (κ3) is 4.59. The SMILES string of the molecule is CC(C)COc1ncc(C(F)(F)F)c(N(C)c2cccc(C#N)c2)n1. The number of nitrogens with zero attached hydrogens (tertiary/aromatic N) is 4. The molecular weight excluding hydrogens is 333 g/mol. The summed E-state index contributed by atoms with van der Waals surface area (Å²) in [4.78, 5) is 8.85. The number of alkyl halides is 3. The van der Waals surface area contributed by atoms with E-state index in [1.54, 1.807) is 18.2 Å².